The van der Waals surface area contributed by atoms with Crippen LogP contribution in [0.1, 0.15) is 41.4 Å². The molecule has 190 valence electrons. The number of halogens is 1. The van der Waals surface area contributed by atoms with Crippen LogP contribution in [0.3, 0.4) is 0 Å². The van der Waals surface area contributed by atoms with Gasteiger partial charge in [0, 0.05) is 42.1 Å². The van der Waals surface area contributed by atoms with Crippen LogP contribution in [-0.4, -0.2) is 64.7 Å². The largest absolute Gasteiger partial charge is 0.351 e. The van der Waals surface area contributed by atoms with Crippen molar-refractivity contribution in [1.82, 2.24) is 20.1 Å². The van der Waals surface area contributed by atoms with E-state index in [-0.39, 0.29) is 24.9 Å². The summed E-state index contributed by atoms with van der Waals surface area (Å²) in [4.78, 5) is 44.3. The van der Waals surface area contributed by atoms with Gasteiger partial charge in [0.05, 0.1) is 12.1 Å². The van der Waals surface area contributed by atoms with Gasteiger partial charge in [-0.1, -0.05) is 42.8 Å². The zero-order valence-corrected chi connectivity index (χ0v) is 21.2. The molecule has 8 nitrogen and oxygen atoms in total. The Morgan fingerprint density at radius 3 is 2.61 bits per heavy atom. The van der Waals surface area contributed by atoms with Gasteiger partial charge in [-0.05, 0) is 54.7 Å². The average molecular weight is 510 g/mol. The highest BCUT2D eigenvalue weighted by atomic mass is 35.5. The predicted octanol–water partition coefficient (Wildman–Crippen LogP) is 3.09. The number of fused-ring (bicyclic) bond motifs is 1. The number of aromatic nitrogens is 1. The number of nitrogens with two attached hydrogens (primary N) is 1. The van der Waals surface area contributed by atoms with Gasteiger partial charge in [0.2, 0.25) is 12.3 Å². The fourth-order valence-corrected chi connectivity index (χ4v) is 5.05. The van der Waals surface area contributed by atoms with Gasteiger partial charge in [-0.3, -0.25) is 14.4 Å². The Labute approximate surface area is 215 Å². The molecular weight excluding hydrogens is 478 g/mol. The van der Waals surface area contributed by atoms with E-state index in [1.165, 1.54) is 5.56 Å². The van der Waals surface area contributed by atoms with Crippen molar-refractivity contribution in [3.05, 3.63) is 70.4 Å². The maximum Gasteiger partial charge on any atom is 0.267 e. The van der Waals surface area contributed by atoms with Crippen LogP contribution < -0.4 is 11.1 Å². The minimum absolute atomic E-state index is 0.0547. The molecule has 0 atom stereocenters. The van der Waals surface area contributed by atoms with Gasteiger partial charge in [-0.25, -0.2) is 0 Å². The predicted molar refractivity (Wildman–Crippen MR) is 141 cm³/mol. The van der Waals surface area contributed by atoms with E-state index in [0.29, 0.717) is 43.2 Å². The molecule has 1 aliphatic rings. The lowest BCUT2D eigenvalue weighted by atomic mass is 9.85. The Hall–Kier alpha value is -3.36. The van der Waals surface area contributed by atoms with Crippen molar-refractivity contribution in [1.29, 1.82) is 0 Å². The molecule has 2 aromatic carbocycles. The van der Waals surface area contributed by atoms with E-state index in [2.05, 4.69) is 23.3 Å². The van der Waals surface area contributed by atoms with Crippen LogP contribution in [0, 0.1) is 0 Å². The molecule has 3 amide bonds. The van der Waals surface area contributed by atoms with Crippen LogP contribution in [0.2, 0.25) is 5.02 Å². The topological polar surface area (TPSA) is 112 Å². The Morgan fingerprint density at radius 2 is 1.94 bits per heavy atom. The highest BCUT2D eigenvalue weighted by molar-refractivity contribution is 6.31. The molecule has 4 N–H and O–H groups in total. The van der Waals surface area contributed by atoms with Crippen LogP contribution in [0.15, 0.2) is 48.5 Å². The molecule has 0 radical (unpaired) electrons. The number of H-pyrrole nitrogens is 1. The van der Waals surface area contributed by atoms with Gasteiger partial charge >= 0.3 is 0 Å². The van der Waals surface area contributed by atoms with Crippen molar-refractivity contribution in [3.8, 4) is 0 Å². The monoisotopic (exact) mass is 509 g/mol. The van der Waals surface area contributed by atoms with Crippen molar-refractivity contribution in [2.24, 2.45) is 5.73 Å². The molecule has 1 aliphatic heterocycles. The zero-order chi connectivity index (χ0) is 25.7. The Balaban J connectivity index is 1.55. The number of nitrogens with zero attached hydrogens (tertiary/aromatic N) is 2. The number of piperidine rings is 1. The van der Waals surface area contributed by atoms with Crippen molar-refractivity contribution >= 4 is 40.7 Å². The third kappa shape index (κ3) is 5.39. The smallest absolute Gasteiger partial charge is 0.267 e. The highest BCUT2D eigenvalue weighted by Gasteiger charge is 2.41. The summed E-state index contributed by atoms with van der Waals surface area (Å²) in [6.45, 7) is 3.48. The number of aromatic amines is 1. The highest BCUT2D eigenvalue weighted by Crippen LogP contribution is 2.31. The summed E-state index contributed by atoms with van der Waals surface area (Å²) >= 11 is 6.38. The first-order chi connectivity index (χ1) is 17.4. The summed E-state index contributed by atoms with van der Waals surface area (Å²) in [5.41, 5.74) is 8.26. The Morgan fingerprint density at radius 1 is 1.19 bits per heavy atom. The van der Waals surface area contributed by atoms with E-state index in [4.69, 9.17) is 17.3 Å². The maximum atomic E-state index is 13.1. The normalized spacial score (nSPS) is 15.0. The van der Waals surface area contributed by atoms with Gasteiger partial charge < -0.3 is 25.8 Å². The molecule has 0 spiro atoms. The van der Waals surface area contributed by atoms with Crippen molar-refractivity contribution in [2.75, 3.05) is 26.2 Å². The lowest BCUT2D eigenvalue weighted by molar-refractivity contribution is -0.134. The molecule has 0 aliphatic carbocycles. The molecule has 36 heavy (non-hydrogen) atoms. The second-order valence-corrected chi connectivity index (χ2v) is 9.68. The molecule has 1 aromatic heterocycles. The standard InChI is InChI=1S/C27H32ClN5O3/c1-2-19-7-8-23-21(13-19)14-24(31-23)26(36)30-17-27(9-11-32(12-10-27)25(35)15-29)33(18-34)16-20-5-3-4-6-22(20)28/h3-8,13-14,18,31H,2,9-12,15-17,29H2,1H3,(H,30,36). The third-order valence-electron chi connectivity index (χ3n) is 7.17. The quantitative estimate of drug-likeness (QED) is 0.385. The first kappa shape index (κ1) is 25.7. The number of hydrogen-bond donors (Lipinski definition) is 3. The minimum Gasteiger partial charge on any atom is -0.351 e. The average Bonchev–Trinajstić information content (AvgIpc) is 3.34. The first-order valence-electron chi connectivity index (χ1n) is 12.2. The number of hydrogen-bond acceptors (Lipinski definition) is 4. The molecule has 1 fully saturated rings. The SMILES string of the molecule is CCc1ccc2[nH]c(C(=O)NCC3(N(C=O)Cc4ccccc4Cl)CCN(C(=O)CN)CC3)cc2c1. The van der Waals surface area contributed by atoms with Crippen LogP contribution in [0.4, 0.5) is 0 Å². The second kappa shape index (κ2) is 11.1. The van der Waals surface area contributed by atoms with Crippen LogP contribution in [0.25, 0.3) is 10.9 Å². The van der Waals surface area contributed by atoms with Gasteiger partial charge in [-0.15, -0.1) is 0 Å². The van der Waals surface area contributed by atoms with Gasteiger partial charge in [0.25, 0.3) is 5.91 Å². The summed E-state index contributed by atoms with van der Waals surface area (Å²) in [6.07, 6.45) is 2.75. The molecule has 1 saturated heterocycles. The van der Waals surface area contributed by atoms with Crippen molar-refractivity contribution in [3.63, 3.8) is 0 Å². The van der Waals surface area contributed by atoms with Crippen molar-refractivity contribution in [2.45, 2.75) is 38.3 Å². The minimum atomic E-state index is -0.677. The molecule has 0 bridgehead atoms. The second-order valence-electron chi connectivity index (χ2n) is 9.27. The van der Waals surface area contributed by atoms with Crippen LogP contribution >= 0.6 is 11.6 Å². The van der Waals surface area contributed by atoms with E-state index in [9.17, 15) is 14.4 Å². The number of aryl methyl sites for hydroxylation is 1. The number of amides is 3. The summed E-state index contributed by atoms with van der Waals surface area (Å²) in [5.74, 6) is -0.367. The van der Waals surface area contributed by atoms with E-state index in [1.807, 2.05) is 36.4 Å². The number of carbonyl (C=O) groups excluding carboxylic acids is 3. The Kier molecular flexibility index (Phi) is 7.96. The number of rotatable bonds is 9. The van der Waals surface area contributed by atoms with Gasteiger partial charge in [0.1, 0.15) is 5.69 Å². The summed E-state index contributed by atoms with van der Waals surface area (Å²) in [7, 11) is 0. The Bertz CT molecular complexity index is 1250. The first-order valence-corrected chi connectivity index (χ1v) is 12.6. The molecule has 2 heterocycles. The number of benzene rings is 2. The van der Waals surface area contributed by atoms with E-state index < -0.39 is 5.54 Å². The van der Waals surface area contributed by atoms with Crippen molar-refractivity contribution < 1.29 is 14.4 Å². The number of carbonyl (C=O) groups is 3. The zero-order valence-electron chi connectivity index (χ0n) is 20.4. The summed E-state index contributed by atoms with van der Waals surface area (Å²) in [6, 6.07) is 15.3. The van der Waals surface area contributed by atoms with E-state index in [1.54, 1.807) is 15.9 Å². The molecule has 0 saturated carbocycles. The molecule has 4 rings (SSSR count). The number of nitrogens with one attached hydrogen (secondary N) is 2. The third-order valence-corrected chi connectivity index (χ3v) is 7.54. The number of likely N-dealkylation sites (tertiary alicyclic amines) is 1. The maximum absolute atomic E-state index is 13.1. The summed E-state index contributed by atoms with van der Waals surface area (Å²) in [5, 5.41) is 4.60. The lowest BCUT2D eigenvalue weighted by Gasteiger charge is -2.47. The van der Waals surface area contributed by atoms with Crippen LogP contribution in [0.5, 0.6) is 0 Å². The van der Waals surface area contributed by atoms with Gasteiger partial charge in [-0.2, -0.15) is 0 Å². The molecule has 3 aromatic rings. The fraction of sp³-hybridized carbons (Fsp3) is 0.370. The van der Waals surface area contributed by atoms with Crippen LogP contribution in [-0.2, 0) is 22.6 Å². The van der Waals surface area contributed by atoms with E-state index in [0.717, 1.165) is 29.3 Å². The van der Waals surface area contributed by atoms with E-state index >= 15 is 0 Å². The molecular formula is C27H32ClN5O3. The molecule has 0 unspecified atom stereocenters. The van der Waals surface area contributed by atoms with Gasteiger partial charge in [0.15, 0.2) is 0 Å². The lowest BCUT2D eigenvalue weighted by Crippen LogP contribution is -2.61. The summed E-state index contributed by atoms with van der Waals surface area (Å²) < 4.78 is 0. The fourth-order valence-electron chi connectivity index (χ4n) is 4.86. The molecule has 9 heteroatoms.